The van der Waals surface area contributed by atoms with Gasteiger partial charge < -0.3 is 4.90 Å². The first kappa shape index (κ1) is 17.0. The molecule has 0 aliphatic carbocycles. The third-order valence-electron chi connectivity index (χ3n) is 4.46. The molecule has 1 fully saturated rings. The number of thioether (sulfide) groups is 1. The summed E-state index contributed by atoms with van der Waals surface area (Å²) in [6.07, 6.45) is 3.56. The molecule has 5 nitrogen and oxygen atoms in total. The summed E-state index contributed by atoms with van der Waals surface area (Å²) in [5, 5.41) is 7.27. The lowest BCUT2D eigenvalue weighted by Crippen LogP contribution is -2.32. The minimum Gasteiger partial charge on any atom is -0.335 e. The highest BCUT2D eigenvalue weighted by Gasteiger charge is 2.30. The van der Waals surface area contributed by atoms with Gasteiger partial charge in [0.2, 0.25) is 5.91 Å². The van der Waals surface area contributed by atoms with E-state index >= 15 is 0 Å². The van der Waals surface area contributed by atoms with Gasteiger partial charge in [0.25, 0.3) is 0 Å². The maximum absolute atomic E-state index is 12.6. The standard InChI is InChI=1S/C18H24N4OS/c1-18(2,3)14-8-6-13(7-9-14)15-5-4-10-22(15)16(23)11-24-17-19-12-20-21-17/h6-9,12,15H,4-5,10-11H2,1-3H3,(H,19,20,21)/t15-/m1/s1. The van der Waals surface area contributed by atoms with Crippen LogP contribution in [0.4, 0.5) is 0 Å². The van der Waals surface area contributed by atoms with E-state index in [9.17, 15) is 4.79 Å². The molecule has 1 aliphatic heterocycles. The lowest BCUT2D eigenvalue weighted by molar-refractivity contribution is -0.129. The molecule has 1 aromatic carbocycles. The monoisotopic (exact) mass is 344 g/mol. The van der Waals surface area contributed by atoms with Crippen molar-refractivity contribution in [3.63, 3.8) is 0 Å². The predicted octanol–water partition coefficient (Wildman–Crippen LogP) is 3.56. The second-order valence-corrected chi connectivity index (χ2v) is 8.16. The number of benzene rings is 1. The average Bonchev–Trinajstić information content (AvgIpc) is 3.23. The van der Waals surface area contributed by atoms with E-state index in [4.69, 9.17) is 0 Å². The number of H-pyrrole nitrogens is 1. The van der Waals surface area contributed by atoms with Crippen LogP contribution >= 0.6 is 11.8 Å². The Balaban J connectivity index is 1.67. The number of hydrogen-bond acceptors (Lipinski definition) is 4. The molecule has 0 saturated carbocycles. The molecule has 0 spiro atoms. The Labute approximate surface area is 147 Å². The van der Waals surface area contributed by atoms with Gasteiger partial charge in [-0.3, -0.25) is 9.89 Å². The first-order valence-electron chi connectivity index (χ1n) is 8.33. The molecule has 1 aliphatic rings. The third kappa shape index (κ3) is 3.80. The molecule has 24 heavy (non-hydrogen) atoms. The van der Waals surface area contributed by atoms with Crippen molar-refractivity contribution >= 4 is 17.7 Å². The normalized spacial score (nSPS) is 18.1. The fourth-order valence-electron chi connectivity index (χ4n) is 3.09. The lowest BCUT2D eigenvalue weighted by Gasteiger charge is -2.26. The summed E-state index contributed by atoms with van der Waals surface area (Å²) in [7, 11) is 0. The van der Waals surface area contributed by atoms with Gasteiger partial charge in [0.05, 0.1) is 11.8 Å². The molecular formula is C18H24N4OS. The summed E-state index contributed by atoms with van der Waals surface area (Å²) in [4.78, 5) is 18.7. The maximum Gasteiger partial charge on any atom is 0.233 e. The van der Waals surface area contributed by atoms with Gasteiger partial charge in [-0.05, 0) is 29.4 Å². The second-order valence-electron chi connectivity index (χ2n) is 7.20. The summed E-state index contributed by atoms with van der Waals surface area (Å²) < 4.78 is 0. The van der Waals surface area contributed by atoms with Crippen molar-refractivity contribution in [2.45, 2.75) is 50.2 Å². The minimum absolute atomic E-state index is 0.150. The SMILES string of the molecule is CC(C)(C)c1ccc([C@H]2CCCN2C(=O)CSc2ncn[nH]2)cc1. The van der Waals surface area contributed by atoms with Crippen LogP contribution in [0.15, 0.2) is 35.7 Å². The summed E-state index contributed by atoms with van der Waals surface area (Å²) >= 11 is 1.40. The molecule has 0 unspecified atom stereocenters. The molecule has 1 atom stereocenters. The van der Waals surface area contributed by atoms with E-state index in [1.165, 1.54) is 29.2 Å². The molecule has 3 rings (SSSR count). The molecule has 2 aromatic rings. The van der Waals surface area contributed by atoms with E-state index in [0.29, 0.717) is 10.9 Å². The van der Waals surface area contributed by atoms with Gasteiger partial charge in [0.1, 0.15) is 6.33 Å². The molecule has 1 N–H and O–H groups in total. The van der Waals surface area contributed by atoms with E-state index in [-0.39, 0.29) is 17.4 Å². The Kier molecular flexibility index (Phi) is 4.94. The molecule has 0 radical (unpaired) electrons. The average molecular weight is 344 g/mol. The largest absolute Gasteiger partial charge is 0.335 e. The topological polar surface area (TPSA) is 61.9 Å². The number of rotatable bonds is 4. The van der Waals surface area contributed by atoms with Crippen LogP contribution in [0.1, 0.15) is 50.8 Å². The summed E-state index contributed by atoms with van der Waals surface area (Å²) in [5.74, 6) is 0.560. The van der Waals surface area contributed by atoms with Crippen molar-refractivity contribution in [3.05, 3.63) is 41.7 Å². The molecule has 0 bridgehead atoms. The number of hydrogen-bond donors (Lipinski definition) is 1. The Morgan fingerprint density at radius 1 is 1.33 bits per heavy atom. The quantitative estimate of drug-likeness (QED) is 0.862. The number of aromatic nitrogens is 3. The maximum atomic E-state index is 12.6. The molecule has 1 saturated heterocycles. The number of carbonyl (C=O) groups is 1. The third-order valence-corrected chi connectivity index (χ3v) is 5.32. The van der Waals surface area contributed by atoms with Crippen LogP contribution in [-0.4, -0.2) is 38.3 Å². The Morgan fingerprint density at radius 2 is 2.08 bits per heavy atom. The van der Waals surface area contributed by atoms with Gasteiger partial charge in [-0.1, -0.05) is 56.8 Å². The van der Waals surface area contributed by atoms with Gasteiger partial charge in [-0.15, -0.1) is 0 Å². The smallest absolute Gasteiger partial charge is 0.233 e. The minimum atomic E-state index is 0.150. The Morgan fingerprint density at radius 3 is 2.71 bits per heavy atom. The van der Waals surface area contributed by atoms with Crippen molar-refractivity contribution in [2.24, 2.45) is 0 Å². The first-order chi connectivity index (χ1) is 11.4. The first-order valence-corrected chi connectivity index (χ1v) is 9.32. The Bertz CT molecular complexity index is 676. The molecule has 6 heteroatoms. The molecule has 128 valence electrons. The molecule has 2 heterocycles. The number of aromatic amines is 1. The van der Waals surface area contributed by atoms with Gasteiger partial charge >= 0.3 is 0 Å². The predicted molar refractivity (Wildman–Crippen MR) is 95.9 cm³/mol. The Hall–Kier alpha value is -1.82. The zero-order valence-corrected chi connectivity index (χ0v) is 15.3. The number of nitrogens with zero attached hydrogens (tertiary/aromatic N) is 3. The van der Waals surface area contributed by atoms with Crippen LogP contribution in [0.2, 0.25) is 0 Å². The van der Waals surface area contributed by atoms with Crippen LogP contribution in [0.3, 0.4) is 0 Å². The van der Waals surface area contributed by atoms with Gasteiger partial charge in [0, 0.05) is 6.54 Å². The fraction of sp³-hybridized carbons (Fsp3) is 0.500. The van der Waals surface area contributed by atoms with E-state index in [1.807, 2.05) is 4.90 Å². The van der Waals surface area contributed by atoms with E-state index in [2.05, 4.69) is 60.2 Å². The van der Waals surface area contributed by atoms with Crippen molar-refractivity contribution < 1.29 is 4.79 Å². The highest BCUT2D eigenvalue weighted by Crippen LogP contribution is 2.34. The van der Waals surface area contributed by atoms with Gasteiger partial charge in [0.15, 0.2) is 5.16 Å². The molecule has 1 amide bonds. The lowest BCUT2D eigenvalue weighted by atomic mass is 9.86. The van der Waals surface area contributed by atoms with Crippen molar-refractivity contribution in [2.75, 3.05) is 12.3 Å². The van der Waals surface area contributed by atoms with Crippen LogP contribution in [0.25, 0.3) is 0 Å². The number of nitrogens with one attached hydrogen (secondary N) is 1. The summed E-state index contributed by atoms with van der Waals surface area (Å²) in [6.45, 7) is 7.48. The van der Waals surface area contributed by atoms with Crippen molar-refractivity contribution in [3.8, 4) is 0 Å². The fourth-order valence-corrected chi connectivity index (χ4v) is 3.76. The zero-order chi connectivity index (χ0) is 17.2. The van der Waals surface area contributed by atoms with Crippen LogP contribution in [0, 0.1) is 0 Å². The van der Waals surface area contributed by atoms with Gasteiger partial charge in [-0.25, -0.2) is 4.98 Å². The van der Waals surface area contributed by atoms with Gasteiger partial charge in [-0.2, -0.15) is 5.10 Å². The highest BCUT2D eigenvalue weighted by molar-refractivity contribution is 7.99. The van der Waals surface area contributed by atoms with Crippen LogP contribution in [0.5, 0.6) is 0 Å². The van der Waals surface area contributed by atoms with Crippen LogP contribution < -0.4 is 0 Å². The van der Waals surface area contributed by atoms with E-state index < -0.39 is 0 Å². The number of likely N-dealkylation sites (tertiary alicyclic amines) is 1. The molecule has 1 aromatic heterocycles. The highest BCUT2D eigenvalue weighted by atomic mass is 32.2. The molecular weight excluding hydrogens is 320 g/mol. The van der Waals surface area contributed by atoms with Crippen molar-refractivity contribution in [1.29, 1.82) is 0 Å². The number of carbonyl (C=O) groups excluding carboxylic acids is 1. The van der Waals surface area contributed by atoms with E-state index in [1.54, 1.807) is 0 Å². The van der Waals surface area contributed by atoms with Crippen molar-refractivity contribution in [1.82, 2.24) is 20.1 Å². The van der Waals surface area contributed by atoms with E-state index in [0.717, 1.165) is 19.4 Å². The summed E-state index contributed by atoms with van der Waals surface area (Å²) in [5.41, 5.74) is 2.71. The summed E-state index contributed by atoms with van der Waals surface area (Å²) in [6, 6.07) is 8.95. The zero-order valence-electron chi connectivity index (χ0n) is 14.5. The second kappa shape index (κ2) is 6.97. The van der Waals surface area contributed by atoms with Crippen LogP contribution in [-0.2, 0) is 10.2 Å². The number of amides is 1.